The van der Waals surface area contributed by atoms with Crippen molar-refractivity contribution in [1.29, 1.82) is 0 Å². The van der Waals surface area contributed by atoms with Crippen LogP contribution in [0.4, 0.5) is 5.69 Å². The van der Waals surface area contributed by atoms with E-state index in [2.05, 4.69) is 15.6 Å². The van der Waals surface area contributed by atoms with Gasteiger partial charge in [0.1, 0.15) is 0 Å². The molecule has 1 aliphatic rings. The lowest BCUT2D eigenvalue weighted by molar-refractivity contribution is 0.0950. The highest BCUT2D eigenvalue weighted by atomic mass is 32.1. The molecule has 98 valence electrons. The van der Waals surface area contributed by atoms with Crippen LogP contribution in [-0.4, -0.2) is 17.4 Å². The predicted octanol–water partition coefficient (Wildman–Crippen LogP) is 2.35. The highest BCUT2D eigenvalue weighted by Crippen LogP contribution is 2.22. The molecule has 2 N–H and O–H groups in total. The number of amides is 1. The molecule has 2 aromatic rings. The number of nitrogens with zero attached hydrogens (tertiary/aromatic N) is 1. The molecule has 0 bridgehead atoms. The molecule has 5 heteroatoms. The molecule has 0 spiro atoms. The number of anilines is 1. The molecule has 1 aromatic heterocycles. The summed E-state index contributed by atoms with van der Waals surface area (Å²) in [5.74, 6) is -0.0413. The quantitative estimate of drug-likeness (QED) is 0.902. The second-order valence-electron chi connectivity index (χ2n) is 4.59. The number of carbonyl (C=O) groups excluding carboxylic acids is 1. The lowest BCUT2D eigenvalue weighted by Gasteiger charge is -2.05. The van der Waals surface area contributed by atoms with E-state index >= 15 is 0 Å². The van der Waals surface area contributed by atoms with Gasteiger partial charge in [-0.1, -0.05) is 0 Å². The Morgan fingerprint density at radius 1 is 1.53 bits per heavy atom. The molecule has 19 heavy (non-hydrogen) atoms. The molecule has 0 atom stereocenters. The van der Waals surface area contributed by atoms with Crippen molar-refractivity contribution in [1.82, 2.24) is 10.3 Å². The Labute approximate surface area is 115 Å². The Kier molecular flexibility index (Phi) is 3.21. The van der Waals surface area contributed by atoms with Crippen molar-refractivity contribution in [3.05, 3.63) is 45.4 Å². The number of thiazole rings is 1. The third-order valence-electron chi connectivity index (χ3n) is 3.17. The topological polar surface area (TPSA) is 54.0 Å². The molecule has 1 amide bonds. The summed E-state index contributed by atoms with van der Waals surface area (Å²) in [6.45, 7) is 3.40. The Hall–Kier alpha value is -1.88. The molecule has 0 saturated carbocycles. The summed E-state index contributed by atoms with van der Waals surface area (Å²) >= 11 is 1.60. The predicted molar refractivity (Wildman–Crippen MR) is 76.7 cm³/mol. The Balaban J connectivity index is 1.67. The number of hydrogen-bond acceptors (Lipinski definition) is 4. The SMILES string of the molecule is Cc1nc(CNC(=O)c2ccc3c(c2)CCN3)cs1. The zero-order valence-corrected chi connectivity index (χ0v) is 11.5. The van der Waals surface area contributed by atoms with Gasteiger partial charge in [0.25, 0.3) is 5.91 Å². The average molecular weight is 273 g/mol. The molecule has 0 saturated heterocycles. The number of fused-ring (bicyclic) bond motifs is 1. The standard InChI is InChI=1S/C14H15N3OS/c1-9-17-12(8-19-9)7-16-14(18)11-2-3-13-10(6-11)4-5-15-13/h2-3,6,8,15H,4-5,7H2,1H3,(H,16,18). The minimum atomic E-state index is -0.0413. The number of aromatic nitrogens is 1. The van der Waals surface area contributed by atoms with Gasteiger partial charge in [0.15, 0.2) is 0 Å². The molecule has 1 aliphatic heterocycles. The van der Waals surface area contributed by atoms with Crippen molar-refractivity contribution in [2.24, 2.45) is 0 Å². The van der Waals surface area contributed by atoms with Gasteiger partial charge in [-0.3, -0.25) is 4.79 Å². The van der Waals surface area contributed by atoms with Crippen molar-refractivity contribution in [3.8, 4) is 0 Å². The van der Waals surface area contributed by atoms with Crippen LogP contribution >= 0.6 is 11.3 Å². The third kappa shape index (κ3) is 2.61. The van der Waals surface area contributed by atoms with E-state index in [4.69, 9.17) is 0 Å². The molecule has 0 radical (unpaired) electrons. The van der Waals surface area contributed by atoms with Gasteiger partial charge in [0, 0.05) is 23.2 Å². The molecular formula is C14H15N3OS. The largest absolute Gasteiger partial charge is 0.384 e. The van der Waals surface area contributed by atoms with Crippen LogP contribution in [0.25, 0.3) is 0 Å². The van der Waals surface area contributed by atoms with Gasteiger partial charge in [0.2, 0.25) is 0 Å². The number of nitrogens with one attached hydrogen (secondary N) is 2. The smallest absolute Gasteiger partial charge is 0.251 e. The van der Waals surface area contributed by atoms with Crippen LogP contribution in [0.15, 0.2) is 23.6 Å². The van der Waals surface area contributed by atoms with Crippen molar-refractivity contribution < 1.29 is 4.79 Å². The highest BCUT2D eigenvalue weighted by Gasteiger charge is 2.13. The molecule has 4 nitrogen and oxygen atoms in total. The minimum absolute atomic E-state index is 0.0413. The lowest BCUT2D eigenvalue weighted by Crippen LogP contribution is -2.23. The Morgan fingerprint density at radius 3 is 3.21 bits per heavy atom. The highest BCUT2D eigenvalue weighted by molar-refractivity contribution is 7.09. The maximum atomic E-state index is 12.1. The van der Waals surface area contributed by atoms with Gasteiger partial charge in [-0.25, -0.2) is 4.98 Å². The van der Waals surface area contributed by atoms with Crippen molar-refractivity contribution >= 4 is 22.9 Å². The molecule has 0 unspecified atom stereocenters. The van der Waals surface area contributed by atoms with E-state index in [0.29, 0.717) is 6.54 Å². The fourth-order valence-corrected chi connectivity index (χ4v) is 2.82. The monoisotopic (exact) mass is 273 g/mol. The second-order valence-corrected chi connectivity index (χ2v) is 5.65. The van der Waals surface area contributed by atoms with Gasteiger partial charge in [0.05, 0.1) is 17.2 Å². The van der Waals surface area contributed by atoms with Crippen LogP contribution in [0.1, 0.15) is 26.6 Å². The summed E-state index contributed by atoms with van der Waals surface area (Å²) in [5.41, 5.74) is 4.00. The summed E-state index contributed by atoms with van der Waals surface area (Å²) in [4.78, 5) is 16.4. The van der Waals surface area contributed by atoms with E-state index in [9.17, 15) is 4.79 Å². The zero-order valence-electron chi connectivity index (χ0n) is 10.7. The summed E-state index contributed by atoms with van der Waals surface area (Å²) in [6, 6.07) is 5.81. The Morgan fingerprint density at radius 2 is 2.42 bits per heavy atom. The van der Waals surface area contributed by atoms with E-state index < -0.39 is 0 Å². The van der Waals surface area contributed by atoms with Crippen molar-refractivity contribution in [2.75, 3.05) is 11.9 Å². The van der Waals surface area contributed by atoms with Gasteiger partial charge < -0.3 is 10.6 Å². The van der Waals surface area contributed by atoms with Crippen molar-refractivity contribution in [3.63, 3.8) is 0 Å². The lowest BCUT2D eigenvalue weighted by atomic mass is 10.1. The maximum absolute atomic E-state index is 12.1. The van der Waals surface area contributed by atoms with Crippen LogP contribution < -0.4 is 10.6 Å². The second kappa shape index (κ2) is 5.01. The van der Waals surface area contributed by atoms with Crippen LogP contribution in [0.5, 0.6) is 0 Å². The zero-order chi connectivity index (χ0) is 13.2. The molecule has 2 heterocycles. The third-order valence-corrected chi connectivity index (χ3v) is 4.00. The first-order valence-corrected chi connectivity index (χ1v) is 7.16. The number of rotatable bonds is 3. The maximum Gasteiger partial charge on any atom is 0.251 e. The first-order valence-electron chi connectivity index (χ1n) is 6.28. The van der Waals surface area contributed by atoms with Crippen molar-refractivity contribution in [2.45, 2.75) is 19.9 Å². The minimum Gasteiger partial charge on any atom is -0.384 e. The van der Waals surface area contributed by atoms with Gasteiger partial charge in [-0.15, -0.1) is 11.3 Å². The summed E-state index contributed by atoms with van der Waals surface area (Å²) in [6.07, 6.45) is 0.988. The molecule has 3 rings (SSSR count). The average Bonchev–Trinajstić information content (AvgIpc) is 3.03. The normalized spacial score (nSPS) is 12.9. The number of carbonyl (C=O) groups is 1. The van der Waals surface area contributed by atoms with E-state index in [1.807, 2.05) is 30.5 Å². The number of aryl methyl sites for hydroxylation is 1. The molecule has 0 aliphatic carbocycles. The molecule has 1 aromatic carbocycles. The summed E-state index contributed by atoms with van der Waals surface area (Å²) in [7, 11) is 0. The van der Waals surface area contributed by atoms with Crippen LogP contribution in [0.3, 0.4) is 0 Å². The van der Waals surface area contributed by atoms with E-state index in [1.165, 1.54) is 5.56 Å². The number of benzene rings is 1. The fourth-order valence-electron chi connectivity index (χ4n) is 2.21. The van der Waals surface area contributed by atoms with E-state index in [0.717, 1.165) is 34.9 Å². The van der Waals surface area contributed by atoms with Gasteiger partial charge in [-0.05, 0) is 37.1 Å². The van der Waals surface area contributed by atoms with Crippen LogP contribution in [0, 0.1) is 6.92 Å². The van der Waals surface area contributed by atoms with E-state index in [1.54, 1.807) is 11.3 Å². The van der Waals surface area contributed by atoms with Gasteiger partial charge >= 0.3 is 0 Å². The Bertz CT molecular complexity index is 621. The fraction of sp³-hybridized carbons (Fsp3) is 0.286. The van der Waals surface area contributed by atoms with Crippen LogP contribution in [-0.2, 0) is 13.0 Å². The summed E-state index contributed by atoms with van der Waals surface area (Å²) in [5, 5.41) is 9.19. The molecular weight excluding hydrogens is 258 g/mol. The summed E-state index contributed by atoms with van der Waals surface area (Å²) < 4.78 is 0. The van der Waals surface area contributed by atoms with E-state index in [-0.39, 0.29) is 5.91 Å². The first kappa shape index (κ1) is 12.2. The number of hydrogen-bond donors (Lipinski definition) is 2. The molecule has 0 fully saturated rings. The van der Waals surface area contributed by atoms with Crippen LogP contribution in [0.2, 0.25) is 0 Å². The van der Waals surface area contributed by atoms with Gasteiger partial charge in [-0.2, -0.15) is 0 Å². The first-order chi connectivity index (χ1) is 9.22.